The average molecular weight is 715 g/mol. The van der Waals surface area contributed by atoms with Gasteiger partial charge in [0.2, 0.25) is 11.8 Å². The van der Waals surface area contributed by atoms with Gasteiger partial charge in [0.25, 0.3) is 15.8 Å². The molecule has 3 aliphatic rings. The monoisotopic (exact) mass is 714 g/mol. The van der Waals surface area contributed by atoms with E-state index in [0.29, 0.717) is 12.8 Å². The van der Waals surface area contributed by atoms with Crippen molar-refractivity contribution in [1.29, 1.82) is 0 Å². The highest BCUT2D eigenvalue weighted by Gasteiger charge is 2.62. The molecule has 0 spiro atoms. The first-order chi connectivity index (χ1) is 23.7. The van der Waals surface area contributed by atoms with Crippen LogP contribution in [0, 0.1) is 23.0 Å². The van der Waals surface area contributed by atoms with Crippen LogP contribution >= 0.6 is 0 Å². The molecule has 4 N–H and O–H groups in total. The predicted octanol–water partition coefficient (Wildman–Crippen LogP) is 3.25. The molecule has 0 radical (unpaired) electrons. The summed E-state index contributed by atoms with van der Waals surface area (Å²) in [6, 6.07) is 9.12. The summed E-state index contributed by atoms with van der Waals surface area (Å²) >= 11 is 0. The minimum Gasteiger partial charge on any atom is -0.464 e. The fourth-order valence-corrected chi connectivity index (χ4v) is 6.42. The standard InChI is InChI=1S/C27H34N4O8.C7H8O3S/c1-2-38-26(35)27-15-18(27)8-6-4-3-5-7-9-21(28)24(33)30-16-20(14-22(30)23(32)29-27)39-25(34)17-10-12-19(13-11-17)31(36)37;1-6-2-4-7(5-3-6)11(8,9)10/h6,8,10-13,18,20-22H,2-5,7,9,14-16,28H2,1H3,(H,29,32);2-5H,1H3,(H,8,9,10)/b8-6-;/t18-,20-,21+,22+,27-;/m1./s1. The van der Waals surface area contributed by atoms with Crippen LogP contribution in [0.5, 0.6) is 0 Å². The van der Waals surface area contributed by atoms with Gasteiger partial charge in [-0.3, -0.25) is 24.3 Å². The summed E-state index contributed by atoms with van der Waals surface area (Å²) in [6.45, 7) is 3.65. The summed E-state index contributed by atoms with van der Waals surface area (Å²) in [6.07, 6.45) is 7.37. The second kappa shape index (κ2) is 16.4. The van der Waals surface area contributed by atoms with Crippen molar-refractivity contribution in [3.05, 3.63) is 81.9 Å². The maximum absolute atomic E-state index is 13.6. The normalized spacial score (nSPS) is 26.0. The number of rotatable bonds is 6. The van der Waals surface area contributed by atoms with Gasteiger partial charge in [0.15, 0.2) is 0 Å². The maximum Gasteiger partial charge on any atom is 0.338 e. The zero-order valence-corrected chi connectivity index (χ0v) is 28.7. The molecule has 5 atom stereocenters. The third kappa shape index (κ3) is 9.52. The summed E-state index contributed by atoms with van der Waals surface area (Å²) < 4.78 is 40.4. The van der Waals surface area contributed by atoms with Crippen LogP contribution in [-0.4, -0.2) is 83.4 Å². The summed E-state index contributed by atoms with van der Waals surface area (Å²) in [4.78, 5) is 64.1. The Kier molecular flexibility index (Phi) is 12.5. The first kappa shape index (κ1) is 38.1. The highest BCUT2D eigenvalue weighted by molar-refractivity contribution is 7.85. The Balaban J connectivity index is 0.000000435. The molecule has 1 saturated heterocycles. The highest BCUT2D eigenvalue weighted by atomic mass is 32.2. The van der Waals surface area contributed by atoms with Crippen molar-refractivity contribution in [2.45, 2.75) is 87.4 Å². The van der Waals surface area contributed by atoms with E-state index < -0.39 is 62.5 Å². The van der Waals surface area contributed by atoms with Crippen LogP contribution < -0.4 is 11.1 Å². The first-order valence-electron chi connectivity index (χ1n) is 16.4. The second-order valence-corrected chi connectivity index (χ2v) is 13.9. The molecule has 0 unspecified atom stereocenters. The summed E-state index contributed by atoms with van der Waals surface area (Å²) in [5.41, 5.74) is 5.90. The summed E-state index contributed by atoms with van der Waals surface area (Å²) in [5.74, 6) is -2.43. The van der Waals surface area contributed by atoms with Crippen molar-refractivity contribution in [2.75, 3.05) is 13.2 Å². The number of nitrogens with two attached hydrogens (primary N) is 1. The number of hydrogen-bond acceptors (Lipinski definition) is 11. The molecule has 1 aliphatic carbocycles. The minimum atomic E-state index is -4.02. The molecular weight excluding hydrogens is 672 g/mol. The molecule has 5 rings (SSSR count). The van der Waals surface area contributed by atoms with Gasteiger partial charge in [-0.2, -0.15) is 8.42 Å². The van der Waals surface area contributed by atoms with Crippen molar-refractivity contribution < 1.29 is 46.5 Å². The van der Waals surface area contributed by atoms with Crippen molar-refractivity contribution in [3.63, 3.8) is 0 Å². The van der Waals surface area contributed by atoms with Gasteiger partial charge >= 0.3 is 11.9 Å². The average Bonchev–Trinajstić information content (AvgIpc) is 3.60. The Morgan fingerprint density at radius 3 is 2.40 bits per heavy atom. The van der Waals surface area contributed by atoms with Gasteiger partial charge in [-0.05, 0) is 63.8 Å². The number of carbonyl (C=O) groups is 4. The van der Waals surface area contributed by atoms with Gasteiger partial charge in [-0.1, -0.05) is 42.7 Å². The SMILES string of the molecule is CCOC(=O)[C@@]12C[C@H]1/C=C\CCCCC[C@H](N)C(=O)N1C[C@H](OC(=O)c3ccc([N+](=O)[O-])cc3)C[C@H]1C(=O)N2.Cc1ccc(S(=O)(=O)O)cc1. The van der Waals surface area contributed by atoms with Gasteiger partial charge in [0.05, 0.1) is 34.6 Å². The number of ether oxygens (including phenoxy) is 2. The lowest BCUT2D eigenvalue weighted by Gasteiger charge is -2.28. The van der Waals surface area contributed by atoms with Crippen molar-refractivity contribution in [2.24, 2.45) is 11.7 Å². The Bertz CT molecular complexity index is 1710. The van der Waals surface area contributed by atoms with Crippen LogP contribution in [0.15, 0.2) is 65.6 Å². The lowest BCUT2D eigenvalue weighted by Crippen LogP contribution is -2.55. The number of non-ortho nitro benzene ring substituents is 1. The van der Waals surface area contributed by atoms with Crippen LogP contribution in [0.1, 0.15) is 67.8 Å². The number of nitrogens with zero attached hydrogens (tertiary/aromatic N) is 2. The quantitative estimate of drug-likeness (QED) is 0.129. The number of nitro groups is 1. The summed E-state index contributed by atoms with van der Waals surface area (Å²) in [5, 5.41) is 13.7. The van der Waals surface area contributed by atoms with E-state index in [9.17, 15) is 37.7 Å². The van der Waals surface area contributed by atoms with E-state index in [2.05, 4.69) is 5.32 Å². The zero-order chi connectivity index (χ0) is 36.6. The number of aryl methyl sites for hydroxylation is 1. The fourth-order valence-electron chi connectivity index (χ4n) is 5.94. The number of allylic oxidation sites excluding steroid dienone is 1. The van der Waals surface area contributed by atoms with Gasteiger partial charge in [-0.15, -0.1) is 0 Å². The molecule has 2 aromatic carbocycles. The van der Waals surface area contributed by atoms with E-state index in [1.54, 1.807) is 19.1 Å². The van der Waals surface area contributed by atoms with Gasteiger partial charge < -0.3 is 25.4 Å². The molecule has 1 saturated carbocycles. The molecule has 2 fully saturated rings. The van der Waals surface area contributed by atoms with E-state index >= 15 is 0 Å². The topological polar surface area (TPSA) is 226 Å². The van der Waals surface area contributed by atoms with Crippen LogP contribution in [0.25, 0.3) is 0 Å². The van der Waals surface area contributed by atoms with Crippen molar-refractivity contribution >= 4 is 39.6 Å². The number of esters is 2. The van der Waals surface area contributed by atoms with E-state index in [1.807, 2.05) is 19.1 Å². The molecule has 270 valence electrons. The van der Waals surface area contributed by atoms with E-state index in [1.165, 1.54) is 41.3 Å². The maximum atomic E-state index is 13.6. The molecule has 2 aromatic rings. The van der Waals surface area contributed by atoms with Gasteiger partial charge in [0, 0.05) is 24.5 Å². The lowest BCUT2D eigenvalue weighted by atomic mass is 10.1. The Labute approximate surface area is 290 Å². The minimum absolute atomic E-state index is 0.0163. The zero-order valence-electron chi connectivity index (χ0n) is 27.9. The molecule has 0 aromatic heterocycles. The number of nitro benzene ring substituents is 1. The van der Waals surface area contributed by atoms with Gasteiger partial charge in [0.1, 0.15) is 17.7 Å². The fraction of sp³-hybridized carbons (Fsp3) is 0.471. The smallest absolute Gasteiger partial charge is 0.338 e. The van der Waals surface area contributed by atoms with Crippen molar-refractivity contribution in [3.8, 4) is 0 Å². The first-order valence-corrected chi connectivity index (χ1v) is 17.8. The molecule has 15 nitrogen and oxygen atoms in total. The van der Waals surface area contributed by atoms with Crippen molar-refractivity contribution in [1.82, 2.24) is 10.2 Å². The number of amides is 2. The third-order valence-corrected chi connectivity index (χ3v) is 9.69. The molecular formula is C34H42N4O11S. The van der Waals surface area contributed by atoms with E-state index in [0.717, 1.165) is 31.2 Å². The van der Waals surface area contributed by atoms with E-state index in [-0.39, 0.29) is 41.6 Å². The van der Waals surface area contributed by atoms with E-state index in [4.69, 9.17) is 19.8 Å². The largest absolute Gasteiger partial charge is 0.464 e. The Hall–Kier alpha value is -4.67. The van der Waals surface area contributed by atoms with Crippen LogP contribution in [-0.2, 0) is 34.0 Å². The highest BCUT2D eigenvalue weighted by Crippen LogP contribution is 2.46. The van der Waals surface area contributed by atoms with Crippen LogP contribution in [0.4, 0.5) is 5.69 Å². The molecule has 0 bridgehead atoms. The summed E-state index contributed by atoms with van der Waals surface area (Å²) in [7, 11) is -4.02. The third-order valence-electron chi connectivity index (χ3n) is 8.83. The number of hydrogen-bond donors (Lipinski definition) is 3. The number of fused-ring (bicyclic) bond motifs is 2. The number of nitrogens with one attached hydrogen (secondary N) is 1. The molecule has 50 heavy (non-hydrogen) atoms. The second-order valence-electron chi connectivity index (χ2n) is 12.5. The van der Waals surface area contributed by atoms with Crippen LogP contribution in [0.2, 0.25) is 0 Å². The lowest BCUT2D eigenvalue weighted by molar-refractivity contribution is -0.384. The molecule has 2 heterocycles. The predicted molar refractivity (Wildman–Crippen MR) is 179 cm³/mol. The number of carbonyl (C=O) groups excluding carboxylic acids is 4. The Morgan fingerprint density at radius 2 is 1.78 bits per heavy atom. The molecule has 2 amide bonds. The number of benzene rings is 2. The van der Waals surface area contributed by atoms with Gasteiger partial charge in [-0.25, -0.2) is 9.59 Å². The van der Waals surface area contributed by atoms with Crippen LogP contribution in [0.3, 0.4) is 0 Å². The molecule has 2 aliphatic heterocycles. The Morgan fingerprint density at radius 1 is 1.10 bits per heavy atom. The molecule has 16 heteroatoms.